The van der Waals surface area contributed by atoms with Gasteiger partial charge in [0, 0.05) is 24.4 Å². The third-order valence-corrected chi connectivity index (χ3v) is 4.38. The summed E-state index contributed by atoms with van der Waals surface area (Å²) in [6, 6.07) is 0. The lowest BCUT2D eigenvalue weighted by atomic mass is 9.83. The van der Waals surface area contributed by atoms with Crippen LogP contribution in [0.3, 0.4) is 0 Å². The van der Waals surface area contributed by atoms with Crippen molar-refractivity contribution < 1.29 is 13.2 Å². The van der Waals surface area contributed by atoms with Gasteiger partial charge in [-0.05, 0) is 0 Å². The van der Waals surface area contributed by atoms with Gasteiger partial charge in [0.25, 0.3) is 0 Å². The molecule has 2 unspecified atom stereocenters. The Hall–Kier alpha value is -0.130. The van der Waals surface area contributed by atoms with Gasteiger partial charge in [-0.1, -0.05) is 6.92 Å². The first-order valence-electron chi connectivity index (χ1n) is 4.45. The zero-order valence-electron chi connectivity index (χ0n) is 7.99. The SMILES string of the molecule is CC12COCC1CN(S(C)(=O)=O)C2. The molecular weight excluding hydrogens is 190 g/mol. The predicted molar refractivity (Wildman–Crippen MR) is 48.8 cm³/mol. The average molecular weight is 205 g/mol. The van der Waals surface area contributed by atoms with Crippen LogP contribution in [0.25, 0.3) is 0 Å². The molecular formula is C8H15NO3S. The molecule has 2 saturated heterocycles. The summed E-state index contributed by atoms with van der Waals surface area (Å²) < 4.78 is 29.5. The van der Waals surface area contributed by atoms with Crippen molar-refractivity contribution in [2.45, 2.75) is 6.92 Å². The Labute approximate surface area is 78.9 Å². The van der Waals surface area contributed by atoms with Gasteiger partial charge in [0.2, 0.25) is 10.0 Å². The van der Waals surface area contributed by atoms with E-state index in [2.05, 4.69) is 6.92 Å². The van der Waals surface area contributed by atoms with Crippen LogP contribution in [-0.4, -0.2) is 45.3 Å². The molecule has 2 fully saturated rings. The summed E-state index contributed by atoms with van der Waals surface area (Å²) in [5.41, 5.74) is 0.0586. The van der Waals surface area contributed by atoms with E-state index in [0.29, 0.717) is 32.2 Å². The van der Waals surface area contributed by atoms with Gasteiger partial charge < -0.3 is 4.74 Å². The van der Waals surface area contributed by atoms with Crippen LogP contribution in [0, 0.1) is 11.3 Å². The van der Waals surface area contributed by atoms with Gasteiger partial charge in [-0.3, -0.25) is 0 Å². The van der Waals surface area contributed by atoms with Crippen LogP contribution in [0.4, 0.5) is 0 Å². The first-order valence-corrected chi connectivity index (χ1v) is 6.29. The van der Waals surface area contributed by atoms with E-state index in [1.165, 1.54) is 6.26 Å². The molecule has 2 rings (SSSR count). The topological polar surface area (TPSA) is 46.6 Å². The zero-order chi connectivity index (χ0) is 9.69. The summed E-state index contributed by atoms with van der Waals surface area (Å²) in [5.74, 6) is 0.391. The summed E-state index contributed by atoms with van der Waals surface area (Å²) in [6.45, 7) is 4.77. The number of sulfonamides is 1. The maximum absolute atomic E-state index is 11.3. The number of ether oxygens (including phenoxy) is 1. The van der Waals surface area contributed by atoms with Gasteiger partial charge in [0.1, 0.15) is 0 Å². The molecule has 2 atom stereocenters. The lowest BCUT2D eigenvalue weighted by Crippen LogP contribution is -2.31. The molecule has 4 nitrogen and oxygen atoms in total. The van der Waals surface area contributed by atoms with Crippen molar-refractivity contribution in [2.75, 3.05) is 32.6 Å². The van der Waals surface area contributed by atoms with E-state index in [9.17, 15) is 8.42 Å². The highest BCUT2D eigenvalue weighted by atomic mass is 32.2. The van der Waals surface area contributed by atoms with Crippen LogP contribution >= 0.6 is 0 Å². The minimum atomic E-state index is -3.00. The second-order valence-corrected chi connectivity index (χ2v) is 6.40. The molecule has 2 heterocycles. The Bertz CT molecular complexity index is 313. The van der Waals surface area contributed by atoms with Crippen LogP contribution < -0.4 is 0 Å². The van der Waals surface area contributed by atoms with E-state index >= 15 is 0 Å². The summed E-state index contributed by atoms with van der Waals surface area (Å²) in [7, 11) is -3.00. The number of rotatable bonds is 1. The highest BCUT2D eigenvalue weighted by molar-refractivity contribution is 7.88. The van der Waals surface area contributed by atoms with Gasteiger partial charge in [-0.2, -0.15) is 0 Å². The average Bonchev–Trinajstić information content (AvgIpc) is 2.39. The Morgan fingerprint density at radius 1 is 1.54 bits per heavy atom. The summed E-state index contributed by atoms with van der Waals surface area (Å²) in [5, 5.41) is 0. The van der Waals surface area contributed by atoms with Gasteiger partial charge >= 0.3 is 0 Å². The fourth-order valence-corrected chi connectivity index (χ4v) is 3.15. The number of hydrogen-bond acceptors (Lipinski definition) is 3. The van der Waals surface area contributed by atoms with Gasteiger partial charge in [-0.25, -0.2) is 12.7 Å². The van der Waals surface area contributed by atoms with Crippen molar-refractivity contribution in [2.24, 2.45) is 11.3 Å². The Kier molecular flexibility index (Phi) is 1.94. The smallest absolute Gasteiger partial charge is 0.211 e. The highest BCUT2D eigenvalue weighted by Gasteiger charge is 2.49. The molecule has 0 radical (unpaired) electrons. The maximum atomic E-state index is 11.3. The first-order chi connectivity index (χ1) is 5.92. The maximum Gasteiger partial charge on any atom is 0.211 e. The fourth-order valence-electron chi connectivity index (χ4n) is 2.17. The van der Waals surface area contributed by atoms with Crippen molar-refractivity contribution in [1.29, 1.82) is 0 Å². The van der Waals surface area contributed by atoms with Crippen LogP contribution in [0.2, 0.25) is 0 Å². The van der Waals surface area contributed by atoms with Gasteiger partial charge in [0.15, 0.2) is 0 Å². The van der Waals surface area contributed by atoms with Crippen molar-refractivity contribution in [3.63, 3.8) is 0 Å². The quantitative estimate of drug-likeness (QED) is 0.601. The monoisotopic (exact) mass is 205 g/mol. The van der Waals surface area contributed by atoms with Gasteiger partial charge in [-0.15, -0.1) is 0 Å². The summed E-state index contributed by atoms with van der Waals surface area (Å²) in [6.07, 6.45) is 1.28. The number of hydrogen-bond donors (Lipinski definition) is 0. The normalized spacial score (nSPS) is 40.9. The third kappa shape index (κ3) is 1.49. The van der Waals surface area contributed by atoms with E-state index in [0.717, 1.165) is 0 Å². The second-order valence-electron chi connectivity index (χ2n) is 4.42. The van der Waals surface area contributed by atoms with E-state index < -0.39 is 10.0 Å². The van der Waals surface area contributed by atoms with Crippen molar-refractivity contribution in [1.82, 2.24) is 4.31 Å². The largest absolute Gasteiger partial charge is 0.380 e. The van der Waals surface area contributed by atoms with Crippen molar-refractivity contribution >= 4 is 10.0 Å². The minimum Gasteiger partial charge on any atom is -0.380 e. The second kappa shape index (κ2) is 2.68. The highest BCUT2D eigenvalue weighted by Crippen LogP contribution is 2.41. The molecule has 0 aliphatic carbocycles. The molecule has 2 aliphatic heterocycles. The molecule has 13 heavy (non-hydrogen) atoms. The van der Waals surface area contributed by atoms with E-state index in [-0.39, 0.29) is 5.41 Å². The molecule has 2 aliphatic rings. The molecule has 0 aromatic carbocycles. The number of fused-ring (bicyclic) bond motifs is 1. The molecule has 0 amide bonds. The molecule has 0 N–H and O–H groups in total. The molecule has 76 valence electrons. The van der Waals surface area contributed by atoms with E-state index in [4.69, 9.17) is 4.74 Å². The fraction of sp³-hybridized carbons (Fsp3) is 1.00. The molecule has 5 heteroatoms. The zero-order valence-corrected chi connectivity index (χ0v) is 8.80. The Morgan fingerprint density at radius 3 is 2.77 bits per heavy atom. The van der Waals surface area contributed by atoms with Crippen LogP contribution in [0.5, 0.6) is 0 Å². The summed E-state index contributed by atoms with van der Waals surface area (Å²) in [4.78, 5) is 0. The molecule has 0 aromatic rings. The molecule has 0 bridgehead atoms. The Balaban J connectivity index is 2.19. The first kappa shape index (κ1) is 9.43. The van der Waals surface area contributed by atoms with Crippen LogP contribution in [-0.2, 0) is 14.8 Å². The molecule has 0 saturated carbocycles. The van der Waals surface area contributed by atoms with Crippen molar-refractivity contribution in [3.8, 4) is 0 Å². The van der Waals surface area contributed by atoms with E-state index in [1.54, 1.807) is 4.31 Å². The van der Waals surface area contributed by atoms with Crippen LogP contribution in [0.15, 0.2) is 0 Å². The van der Waals surface area contributed by atoms with Gasteiger partial charge in [0.05, 0.1) is 19.5 Å². The third-order valence-electron chi connectivity index (χ3n) is 3.17. The minimum absolute atomic E-state index is 0.0586. The summed E-state index contributed by atoms with van der Waals surface area (Å²) >= 11 is 0. The van der Waals surface area contributed by atoms with Crippen LogP contribution in [0.1, 0.15) is 6.92 Å². The number of nitrogens with zero attached hydrogens (tertiary/aromatic N) is 1. The molecule has 0 aromatic heterocycles. The lowest BCUT2D eigenvalue weighted by molar-refractivity contribution is 0.149. The lowest BCUT2D eigenvalue weighted by Gasteiger charge is -2.20. The van der Waals surface area contributed by atoms with Crippen molar-refractivity contribution in [3.05, 3.63) is 0 Å². The molecule has 0 spiro atoms. The Morgan fingerprint density at radius 2 is 2.23 bits per heavy atom. The predicted octanol–water partition coefficient (Wildman–Crippen LogP) is -0.0857. The van der Waals surface area contributed by atoms with E-state index in [1.807, 2.05) is 0 Å². The standard InChI is InChI=1S/C8H15NO3S/c1-8-5-9(13(2,10)11)3-7(8)4-12-6-8/h7H,3-6H2,1-2H3.